The SMILES string of the molecule is CC(CCCN)CCNCCO. The molecule has 0 aromatic heterocycles. The second kappa shape index (κ2) is 8.97. The van der Waals surface area contributed by atoms with Crippen LogP contribution in [-0.4, -0.2) is 31.3 Å². The molecule has 3 heteroatoms. The van der Waals surface area contributed by atoms with Crippen LogP contribution in [0.5, 0.6) is 0 Å². The summed E-state index contributed by atoms with van der Waals surface area (Å²) in [6.45, 7) is 5.00. The molecule has 0 aromatic rings. The highest BCUT2D eigenvalue weighted by molar-refractivity contribution is 4.56. The van der Waals surface area contributed by atoms with E-state index < -0.39 is 0 Å². The summed E-state index contributed by atoms with van der Waals surface area (Å²) in [5.74, 6) is 0.750. The molecular weight excluding hydrogens is 152 g/mol. The van der Waals surface area contributed by atoms with Crippen LogP contribution >= 0.6 is 0 Å². The molecule has 0 radical (unpaired) electrons. The molecule has 3 nitrogen and oxygen atoms in total. The van der Waals surface area contributed by atoms with Crippen LogP contribution in [0, 0.1) is 5.92 Å². The molecule has 0 saturated carbocycles. The minimum atomic E-state index is 0.233. The van der Waals surface area contributed by atoms with Gasteiger partial charge in [-0.15, -0.1) is 0 Å². The van der Waals surface area contributed by atoms with Gasteiger partial charge in [0.15, 0.2) is 0 Å². The van der Waals surface area contributed by atoms with Crippen LogP contribution in [0.4, 0.5) is 0 Å². The predicted molar refractivity (Wildman–Crippen MR) is 52.0 cm³/mol. The van der Waals surface area contributed by atoms with Crippen LogP contribution in [0.1, 0.15) is 26.2 Å². The zero-order chi connectivity index (χ0) is 9.23. The topological polar surface area (TPSA) is 58.3 Å². The molecule has 4 N–H and O–H groups in total. The lowest BCUT2D eigenvalue weighted by molar-refractivity contribution is 0.290. The van der Waals surface area contributed by atoms with Gasteiger partial charge in [0.2, 0.25) is 0 Å². The minimum absolute atomic E-state index is 0.233. The Kier molecular flexibility index (Phi) is 8.88. The largest absolute Gasteiger partial charge is 0.395 e. The summed E-state index contributed by atoms with van der Waals surface area (Å²) < 4.78 is 0. The predicted octanol–water partition coefficient (Wildman–Crippen LogP) is 0.333. The average molecular weight is 174 g/mol. The van der Waals surface area contributed by atoms with E-state index in [-0.39, 0.29) is 6.61 Å². The first kappa shape index (κ1) is 11.9. The third-order valence-electron chi connectivity index (χ3n) is 2.00. The monoisotopic (exact) mass is 174 g/mol. The maximum Gasteiger partial charge on any atom is 0.0555 e. The van der Waals surface area contributed by atoms with Crippen LogP contribution in [0.15, 0.2) is 0 Å². The molecule has 74 valence electrons. The Morgan fingerprint density at radius 1 is 1.33 bits per heavy atom. The summed E-state index contributed by atoms with van der Waals surface area (Å²) in [5.41, 5.74) is 5.40. The molecule has 1 atom stereocenters. The zero-order valence-electron chi connectivity index (χ0n) is 8.05. The zero-order valence-corrected chi connectivity index (χ0v) is 8.05. The van der Waals surface area contributed by atoms with Crippen LogP contribution in [0.3, 0.4) is 0 Å². The number of nitrogens with two attached hydrogens (primary N) is 1. The van der Waals surface area contributed by atoms with E-state index in [4.69, 9.17) is 10.8 Å². The van der Waals surface area contributed by atoms with Crippen molar-refractivity contribution < 1.29 is 5.11 Å². The molecule has 12 heavy (non-hydrogen) atoms. The first-order valence-electron chi connectivity index (χ1n) is 4.83. The fraction of sp³-hybridized carbons (Fsp3) is 1.00. The van der Waals surface area contributed by atoms with Gasteiger partial charge in [0.05, 0.1) is 6.61 Å². The van der Waals surface area contributed by atoms with E-state index in [1.54, 1.807) is 0 Å². The molecule has 1 unspecified atom stereocenters. The Balaban J connectivity index is 3.02. The van der Waals surface area contributed by atoms with Crippen LogP contribution in [0.25, 0.3) is 0 Å². The number of nitrogens with one attached hydrogen (secondary N) is 1. The molecule has 0 amide bonds. The lowest BCUT2D eigenvalue weighted by Crippen LogP contribution is -2.21. The summed E-state index contributed by atoms with van der Waals surface area (Å²) in [5, 5.41) is 11.7. The van der Waals surface area contributed by atoms with Crippen molar-refractivity contribution in [1.29, 1.82) is 0 Å². The molecule has 0 heterocycles. The highest BCUT2D eigenvalue weighted by Gasteiger charge is 1.99. The molecule has 0 aliphatic rings. The van der Waals surface area contributed by atoms with Gasteiger partial charge in [0.1, 0.15) is 0 Å². The van der Waals surface area contributed by atoms with Crippen molar-refractivity contribution in [2.24, 2.45) is 11.7 Å². The van der Waals surface area contributed by atoms with Gasteiger partial charge in [-0.25, -0.2) is 0 Å². The van der Waals surface area contributed by atoms with E-state index >= 15 is 0 Å². The Morgan fingerprint density at radius 2 is 2.08 bits per heavy atom. The van der Waals surface area contributed by atoms with Gasteiger partial charge in [-0.05, 0) is 38.3 Å². The van der Waals surface area contributed by atoms with Gasteiger partial charge in [0.25, 0.3) is 0 Å². The third-order valence-corrected chi connectivity index (χ3v) is 2.00. The lowest BCUT2D eigenvalue weighted by atomic mass is 10.0. The van der Waals surface area contributed by atoms with E-state index in [1.165, 1.54) is 12.8 Å². The molecular formula is C9H22N2O. The van der Waals surface area contributed by atoms with Crippen molar-refractivity contribution >= 4 is 0 Å². The number of rotatable bonds is 8. The molecule has 0 fully saturated rings. The van der Waals surface area contributed by atoms with Crippen molar-refractivity contribution in [3.8, 4) is 0 Å². The van der Waals surface area contributed by atoms with E-state index in [0.717, 1.165) is 25.4 Å². The first-order valence-corrected chi connectivity index (χ1v) is 4.83. The molecule has 0 bridgehead atoms. The van der Waals surface area contributed by atoms with E-state index in [1.807, 2.05) is 0 Å². The Bertz CT molecular complexity index is 88.6. The van der Waals surface area contributed by atoms with Crippen LogP contribution in [-0.2, 0) is 0 Å². The van der Waals surface area contributed by atoms with Gasteiger partial charge in [-0.1, -0.05) is 6.92 Å². The number of hydrogen-bond acceptors (Lipinski definition) is 3. The quantitative estimate of drug-likeness (QED) is 0.465. The molecule has 0 aliphatic carbocycles. The standard InChI is InChI=1S/C9H22N2O/c1-9(3-2-5-10)4-6-11-7-8-12/h9,11-12H,2-8,10H2,1H3. The van der Waals surface area contributed by atoms with Crippen molar-refractivity contribution in [3.05, 3.63) is 0 Å². The van der Waals surface area contributed by atoms with E-state index in [9.17, 15) is 0 Å². The summed E-state index contributed by atoms with van der Waals surface area (Å²) in [4.78, 5) is 0. The van der Waals surface area contributed by atoms with Crippen molar-refractivity contribution in [2.75, 3.05) is 26.2 Å². The van der Waals surface area contributed by atoms with E-state index in [2.05, 4.69) is 12.2 Å². The van der Waals surface area contributed by atoms with Gasteiger partial charge in [-0.3, -0.25) is 0 Å². The Labute approximate surface area is 75.3 Å². The molecule has 0 aliphatic heterocycles. The summed E-state index contributed by atoms with van der Waals surface area (Å²) >= 11 is 0. The Hall–Kier alpha value is -0.120. The molecule has 0 spiro atoms. The fourth-order valence-corrected chi connectivity index (χ4v) is 1.16. The maximum atomic E-state index is 8.49. The van der Waals surface area contributed by atoms with Crippen molar-refractivity contribution in [1.82, 2.24) is 5.32 Å². The van der Waals surface area contributed by atoms with Gasteiger partial charge in [0, 0.05) is 6.54 Å². The van der Waals surface area contributed by atoms with Gasteiger partial charge >= 0.3 is 0 Å². The molecule has 0 saturated heterocycles. The lowest BCUT2D eigenvalue weighted by Gasteiger charge is -2.10. The minimum Gasteiger partial charge on any atom is -0.395 e. The normalized spacial score (nSPS) is 13.2. The van der Waals surface area contributed by atoms with Crippen molar-refractivity contribution in [3.63, 3.8) is 0 Å². The number of aliphatic hydroxyl groups excluding tert-OH is 1. The van der Waals surface area contributed by atoms with Crippen LogP contribution < -0.4 is 11.1 Å². The highest BCUT2D eigenvalue weighted by atomic mass is 16.3. The van der Waals surface area contributed by atoms with Crippen LogP contribution in [0.2, 0.25) is 0 Å². The molecule has 0 aromatic carbocycles. The first-order chi connectivity index (χ1) is 5.81. The molecule has 0 rings (SSSR count). The van der Waals surface area contributed by atoms with Gasteiger partial charge in [-0.2, -0.15) is 0 Å². The highest BCUT2D eigenvalue weighted by Crippen LogP contribution is 2.07. The summed E-state index contributed by atoms with van der Waals surface area (Å²) in [6.07, 6.45) is 3.53. The number of hydrogen-bond donors (Lipinski definition) is 3. The number of aliphatic hydroxyl groups is 1. The second-order valence-electron chi connectivity index (χ2n) is 3.30. The van der Waals surface area contributed by atoms with Crippen molar-refractivity contribution in [2.45, 2.75) is 26.2 Å². The Morgan fingerprint density at radius 3 is 2.67 bits per heavy atom. The third kappa shape index (κ3) is 7.98. The maximum absolute atomic E-state index is 8.49. The van der Waals surface area contributed by atoms with Gasteiger partial charge < -0.3 is 16.2 Å². The second-order valence-corrected chi connectivity index (χ2v) is 3.30. The average Bonchev–Trinajstić information content (AvgIpc) is 2.09. The fourth-order valence-electron chi connectivity index (χ4n) is 1.16. The summed E-state index contributed by atoms with van der Waals surface area (Å²) in [6, 6.07) is 0. The summed E-state index contributed by atoms with van der Waals surface area (Å²) in [7, 11) is 0. The smallest absolute Gasteiger partial charge is 0.0555 e. The van der Waals surface area contributed by atoms with E-state index in [0.29, 0.717) is 6.54 Å².